The largest absolute Gasteiger partial charge is 0.341 e. The van der Waals surface area contributed by atoms with Crippen LogP contribution in [0.3, 0.4) is 0 Å². The lowest BCUT2D eigenvalue weighted by Crippen LogP contribution is -2.59. The summed E-state index contributed by atoms with van der Waals surface area (Å²) in [6, 6.07) is 3.80. The van der Waals surface area contributed by atoms with E-state index >= 15 is 0 Å². The zero-order valence-corrected chi connectivity index (χ0v) is 17.6. The summed E-state index contributed by atoms with van der Waals surface area (Å²) in [5.74, 6) is -0.548. The van der Waals surface area contributed by atoms with Gasteiger partial charge in [-0.1, -0.05) is 13.0 Å². The van der Waals surface area contributed by atoms with Crippen LogP contribution in [0, 0.1) is 12.7 Å². The van der Waals surface area contributed by atoms with Gasteiger partial charge >= 0.3 is 6.03 Å². The molecule has 7 nitrogen and oxygen atoms in total. The number of rotatable bonds is 4. The molecule has 2 saturated heterocycles. The molecule has 28 heavy (non-hydrogen) atoms. The average molecular weight is 413 g/mol. The molecule has 2 heterocycles. The van der Waals surface area contributed by atoms with E-state index < -0.39 is 15.8 Å². The average Bonchev–Trinajstić information content (AvgIpc) is 3.15. The predicted molar refractivity (Wildman–Crippen MR) is 105 cm³/mol. The number of halogens is 1. The number of piperazine rings is 1. The molecule has 1 aromatic rings. The number of nitrogens with zero attached hydrogens (tertiary/aromatic N) is 3. The van der Waals surface area contributed by atoms with Crippen LogP contribution in [-0.2, 0) is 10.0 Å². The van der Waals surface area contributed by atoms with Crippen LogP contribution in [0.4, 0.5) is 9.18 Å². The van der Waals surface area contributed by atoms with Gasteiger partial charge in [-0.2, -0.15) is 4.31 Å². The number of benzene rings is 1. The molecule has 156 valence electrons. The first-order valence-corrected chi connectivity index (χ1v) is 11.2. The smallest absolute Gasteiger partial charge is 0.317 e. The monoisotopic (exact) mass is 412 g/mol. The van der Waals surface area contributed by atoms with E-state index in [1.165, 1.54) is 16.4 Å². The zero-order valence-electron chi connectivity index (χ0n) is 16.7. The molecule has 2 fully saturated rings. The van der Waals surface area contributed by atoms with Crippen LogP contribution in [0.25, 0.3) is 0 Å². The maximum atomic E-state index is 13.6. The standard InChI is InChI=1S/C19H29FN4O3S/c1-4-19(7-8-22(14-19)18(25)21-3)23-9-11-24(12-10-23)28(26,27)17-13-16(20)6-5-15(17)2/h5-6,13H,4,7-12,14H2,1-3H3,(H,21,25)/t19-/m1/s1. The molecule has 0 bridgehead atoms. The Kier molecular flexibility index (Phi) is 5.97. The first kappa shape index (κ1) is 21.0. The SMILES string of the molecule is CC[C@@]1(N2CCN(S(=O)(=O)c3cc(F)ccc3C)CC2)CCN(C(=O)NC)C1. The van der Waals surface area contributed by atoms with Crippen LogP contribution in [-0.4, -0.2) is 80.4 Å². The quantitative estimate of drug-likeness (QED) is 0.816. The Morgan fingerprint density at radius 3 is 2.50 bits per heavy atom. The lowest BCUT2D eigenvalue weighted by Gasteiger charge is -2.45. The van der Waals surface area contributed by atoms with Crippen molar-refractivity contribution >= 4 is 16.1 Å². The molecule has 2 aliphatic heterocycles. The van der Waals surface area contributed by atoms with Gasteiger partial charge in [-0.25, -0.2) is 17.6 Å². The Morgan fingerprint density at radius 2 is 1.89 bits per heavy atom. The van der Waals surface area contributed by atoms with E-state index in [1.54, 1.807) is 14.0 Å². The second-order valence-electron chi connectivity index (χ2n) is 7.61. The number of nitrogens with one attached hydrogen (secondary N) is 1. The van der Waals surface area contributed by atoms with Gasteiger partial charge in [-0.05, 0) is 37.5 Å². The van der Waals surface area contributed by atoms with E-state index in [-0.39, 0.29) is 16.5 Å². The van der Waals surface area contributed by atoms with Gasteiger partial charge in [0.2, 0.25) is 10.0 Å². The van der Waals surface area contributed by atoms with Gasteiger partial charge in [0.25, 0.3) is 0 Å². The molecule has 0 aliphatic carbocycles. The van der Waals surface area contributed by atoms with Gasteiger partial charge in [0, 0.05) is 51.9 Å². The highest BCUT2D eigenvalue weighted by atomic mass is 32.2. The summed E-state index contributed by atoms with van der Waals surface area (Å²) in [7, 11) is -2.09. The summed E-state index contributed by atoms with van der Waals surface area (Å²) in [6.07, 6.45) is 1.78. The zero-order chi connectivity index (χ0) is 20.5. The molecule has 0 radical (unpaired) electrons. The van der Waals surface area contributed by atoms with Gasteiger partial charge < -0.3 is 10.2 Å². The number of carbonyl (C=O) groups is 1. The highest BCUT2D eigenvalue weighted by Gasteiger charge is 2.44. The third-order valence-electron chi connectivity index (χ3n) is 6.17. The van der Waals surface area contributed by atoms with E-state index in [0.29, 0.717) is 44.8 Å². The van der Waals surface area contributed by atoms with E-state index in [9.17, 15) is 17.6 Å². The predicted octanol–water partition coefficient (Wildman–Crippen LogP) is 1.63. The van der Waals surface area contributed by atoms with Crippen LogP contribution in [0.2, 0.25) is 0 Å². The molecular weight excluding hydrogens is 383 g/mol. The van der Waals surface area contributed by atoms with Crippen LogP contribution in [0.5, 0.6) is 0 Å². The van der Waals surface area contributed by atoms with Crippen molar-refractivity contribution in [1.29, 1.82) is 0 Å². The fourth-order valence-electron chi connectivity index (χ4n) is 4.35. The molecule has 9 heteroatoms. The van der Waals surface area contributed by atoms with Gasteiger partial charge in [0.15, 0.2) is 0 Å². The van der Waals surface area contributed by atoms with Crippen molar-refractivity contribution in [3.63, 3.8) is 0 Å². The highest BCUT2D eigenvalue weighted by Crippen LogP contribution is 2.33. The number of amides is 2. The molecule has 1 atom stereocenters. The number of hydrogen-bond donors (Lipinski definition) is 1. The third kappa shape index (κ3) is 3.75. The van der Waals surface area contributed by atoms with Gasteiger partial charge in [-0.3, -0.25) is 4.90 Å². The number of sulfonamides is 1. The minimum Gasteiger partial charge on any atom is -0.341 e. The van der Waals surface area contributed by atoms with Crippen molar-refractivity contribution in [2.75, 3.05) is 46.3 Å². The molecule has 2 aliphatic rings. The van der Waals surface area contributed by atoms with E-state index in [4.69, 9.17) is 0 Å². The van der Waals surface area contributed by atoms with Gasteiger partial charge in [0.1, 0.15) is 5.82 Å². The Labute approximate surface area is 166 Å². The topological polar surface area (TPSA) is 73.0 Å². The Morgan fingerprint density at radius 1 is 1.21 bits per heavy atom. The lowest BCUT2D eigenvalue weighted by atomic mass is 9.92. The minimum absolute atomic E-state index is 0.0396. The van der Waals surface area contributed by atoms with Crippen LogP contribution >= 0.6 is 0 Å². The number of carbonyl (C=O) groups excluding carboxylic acids is 1. The molecule has 1 N–H and O–H groups in total. The van der Waals surface area contributed by atoms with Gasteiger partial charge in [0.05, 0.1) is 4.90 Å². The molecule has 0 unspecified atom stereocenters. The summed E-state index contributed by atoms with van der Waals surface area (Å²) in [5.41, 5.74) is 0.433. The fourth-order valence-corrected chi connectivity index (χ4v) is 6.01. The van der Waals surface area contributed by atoms with E-state index in [1.807, 2.05) is 4.90 Å². The normalized spacial score (nSPS) is 24.5. The van der Waals surface area contributed by atoms with Crippen LogP contribution in [0.1, 0.15) is 25.3 Å². The highest BCUT2D eigenvalue weighted by molar-refractivity contribution is 7.89. The van der Waals surface area contributed by atoms with Crippen molar-refractivity contribution in [3.05, 3.63) is 29.6 Å². The van der Waals surface area contributed by atoms with Crippen LogP contribution in [0.15, 0.2) is 23.1 Å². The maximum Gasteiger partial charge on any atom is 0.317 e. The summed E-state index contributed by atoms with van der Waals surface area (Å²) in [5, 5.41) is 2.68. The molecule has 3 rings (SSSR count). The second kappa shape index (κ2) is 7.96. The van der Waals surface area contributed by atoms with E-state index in [0.717, 1.165) is 18.9 Å². The first-order chi connectivity index (χ1) is 13.2. The fraction of sp³-hybridized carbons (Fsp3) is 0.632. The van der Waals surface area contributed by atoms with Crippen molar-refractivity contribution in [1.82, 2.24) is 19.4 Å². The molecule has 1 aromatic carbocycles. The summed E-state index contributed by atoms with van der Waals surface area (Å²) >= 11 is 0. The van der Waals surface area contributed by atoms with Crippen molar-refractivity contribution < 1.29 is 17.6 Å². The molecule has 2 amide bonds. The minimum atomic E-state index is -3.72. The van der Waals surface area contributed by atoms with Crippen molar-refractivity contribution in [2.24, 2.45) is 0 Å². The Balaban J connectivity index is 1.72. The maximum absolute atomic E-state index is 13.6. The van der Waals surface area contributed by atoms with Crippen molar-refractivity contribution in [3.8, 4) is 0 Å². The summed E-state index contributed by atoms with van der Waals surface area (Å²) < 4.78 is 41.0. The molecule has 0 spiro atoms. The molecule has 0 saturated carbocycles. The Bertz CT molecular complexity index is 840. The number of urea groups is 1. The van der Waals surface area contributed by atoms with Crippen LogP contribution < -0.4 is 5.32 Å². The summed E-state index contributed by atoms with van der Waals surface area (Å²) in [4.78, 5) is 16.2. The van der Waals surface area contributed by atoms with Gasteiger partial charge in [-0.15, -0.1) is 0 Å². The Hall–Kier alpha value is -1.71. The first-order valence-electron chi connectivity index (χ1n) is 9.71. The molecule has 0 aromatic heterocycles. The van der Waals surface area contributed by atoms with E-state index in [2.05, 4.69) is 17.1 Å². The third-order valence-corrected chi connectivity index (χ3v) is 8.21. The summed E-state index contributed by atoms with van der Waals surface area (Å²) in [6.45, 7) is 7.08. The van der Waals surface area contributed by atoms with Crippen molar-refractivity contribution in [2.45, 2.75) is 37.1 Å². The number of aryl methyl sites for hydroxylation is 1. The number of likely N-dealkylation sites (tertiary alicyclic amines) is 1. The number of hydrogen-bond acceptors (Lipinski definition) is 4. The lowest BCUT2D eigenvalue weighted by molar-refractivity contribution is 0.0574. The second-order valence-corrected chi connectivity index (χ2v) is 9.51. The molecular formula is C19H29FN4O3S.